The molecule has 1 aliphatic carbocycles. The van der Waals surface area contributed by atoms with Crippen molar-refractivity contribution >= 4 is 36.8 Å². The number of carbonyl (C=O) groups is 1. The number of nitrogens with one attached hydrogen (secondary N) is 1. The zero-order valence-corrected chi connectivity index (χ0v) is 28.5. The van der Waals surface area contributed by atoms with Gasteiger partial charge in [-0.15, -0.1) is 11.3 Å². The van der Waals surface area contributed by atoms with Gasteiger partial charge in [-0.2, -0.15) is 0 Å². The molecule has 2 heterocycles. The quantitative estimate of drug-likeness (QED) is 0.151. The Morgan fingerprint density at radius 1 is 1.11 bits per heavy atom. The first-order chi connectivity index (χ1) is 21.3. The van der Waals surface area contributed by atoms with Gasteiger partial charge in [-0.05, 0) is 93.9 Å². The number of benzene rings is 1. The molecular formula is C33H47NO8S3. The van der Waals surface area contributed by atoms with Crippen LogP contribution in [0.4, 0.5) is 0 Å². The molecule has 1 aliphatic heterocycles. The molecule has 0 amide bonds. The second-order valence-electron chi connectivity index (χ2n) is 12.5. The second kappa shape index (κ2) is 15.8. The SMILES string of the molecule is CCN[C@@H]1C[C@@H](C)S(=O)(=O)c2sc(S(=O)(=O)CC(=O)CCC/C=C\C[C@@H]3[C@@H](CC[C@@H](O)Cc4ccccc4)[C@H](O)C[C@@H]3O)cc21. The first-order valence-corrected chi connectivity index (χ1v) is 19.9. The number of thiophene rings is 1. The standard InChI is InChI=1S/C33H47NO8S3/c1-3-34-29-17-22(2)45(41,42)33-28(29)19-32(43-33)44(39,40)21-25(36)13-9-4-5-10-14-26-27(31(38)20-30(26)37)16-15-24(35)18-23-11-7-6-8-12-23/h5-8,10-12,19,22,24,26-27,29-31,34-35,37-38H,3-4,9,13-18,20-21H2,1-2H3/b10-5-/t22-,24-,26-,27-,29-,30+,31-/m1/s1. The molecule has 0 unspecified atom stereocenters. The number of fused-ring (bicyclic) bond motifs is 1. The van der Waals surface area contributed by atoms with Crippen LogP contribution in [0, 0.1) is 11.8 Å². The van der Waals surface area contributed by atoms with Crippen molar-refractivity contribution in [3.63, 3.8) is 0 Å². The maximum Gasteiger partial charge on any atom is 0.194 e. The lowest BCUT2D eigenvalue weighted by atomic mass is 9.85. The zero-order valence-electron chi connectivity index (χ0n) is 26.0. The number of carbonyl (C=O) groups excluding carboxylic acids is 1. The third-order valence-corrected chi connectivity index (χ3v) is 15.2. The molecule has 45 heavy (non-hydrogen) atoms. The fourth-order valence-corrected chi connectivity index (χ4v) is 12.0. The summed E-state index contributed by atoms with van der Waals surface area (Å²) >= 11 is 0.745. The lowest BCUT2D eigenvalue weighted by Crippen LogP contribution is -2.33. The molecule has 250 valence electrons. The Hall–Kier alpha value is -1.93. The van der Waals surface area contributed by atoms with Gasteiger partial charge in [-0.1, -0.05) is 49.4 Å². The van der Waals surface area contributed by atoms with Crippen molar-refractivity contribution in [1.82, 2.24) is 5.32 Å². The molecule has 0 spiro atoms. The maximum atomic E-state index is 13.1. The van der Waals surface area contributed by atoms with Crippen LogP contribution < -0.4 is 5.32 Å². The Balaban J connectivity index is 1.24. The third kappa shape index (κ3) is 9.12. The molecule has 7 atom stereocenters. The van der Waals surface area contributed by atoms with Crippen molar-refractivity contribution in [3.8, 4) is 0 Å². The first-order valence-electron chi connectivity index (χ1n) is 15.9. The summed E-state index contributed by atoms with van der Waals surface area (Å²) in [5.74, 6) is -1.32. The molecule has 2 aromatic rings. The smallest absolute Gasteiger partial charge is 0.194 e. The molecular weight excluding hydrogens is 635 g/mol. The van der Waals surface area contributed by atoms with E-state index in [9.17, 15) is 36.9 Å². The summed E-state index contributed by atoms with van der Waals surface area (Å²) in [6, 6.07) is 10.9. The van der Waals surface area contributed by atoms with E-state index in [4.69, 9.17) is 0 Å². The van der Waals surface area contributed by atoms with E-state index in [1.807, 2.05) is 49.4 Å². The minimum absolute atomic E-state index is 0.0777. The van der Waals surface area contributed by atoms with Gasteiger partial charge >= 0.3 is 0 Å². The topological polar surface area (TPSA) is 158 Å². The van der Waals surface area contributed by atoms with Crippen LogP contribution in [0.2, 0.25) is 0 Å². The molecule has 4 rings (SSSR count). The molecule has 1 aromatic carbocycles. The van der Waals surface area contributed by atoms with E-state index in [-0.39, 0.29) is 32.7 Å². The van der Waals surface area contributed by atoms with Crippen LogP contribution in [-0.2, 0) is 30.9 Å². The number of unbranched alkanes of at least 4 members (excludes halogenated alkanes) is 1. The first kappa shape index (κ1) is 35.9. The average molecular weight is 682 g/mol. The molecule has 9 nitrogen and oxygen atoms in total. The number of Topliss-reactive ketones (excluding diaryl/α,β-unsaturated/α-hetero) is 1. The van der Waals surface area contributed by atoms with Crippen molar-refractivity contribution in [2.75, 3.05) is 12.3 Å². The summed E-state index contributed by atoms with van der Waals surface area (Å²) in [5, 5.41) is 34.2. The molecule has 2 aliphatic rings. The Bertz CT molecular complexity index is 1520. The van der Waals surface area contributed by atoms with Gasteiger partial charge in [0.15, 0.2) is 19.7 Å². The van der Waals surface area contributed by atoms with Crippen molar-refractivity contribution in [2.24, 2.45) is 11.8 Å². The van der Waals surface area contributed by atoms with Crippen LogP contribution in [0.15, 0.2) is 57.0 Å². The van der Waals surface area contributed by atoms with E-state index < -0.39 is 54.8 Å². The highest BCUT2D eigenvalue weighted by molar-refractivity contribution is 7.96. The Morgan fingerprint density at radius 2 is 1.82 bits per heavy atom. The van der Waals surface area contributed by atoms with Gasteiger partial charge in [0.2, 0.25) is 0 Å². The van der Waals surface area contributed by atoms with Crippen molar-refractivity contribution in [2.45, 2.75) is 110 Å². The van der Waals surface area contributed by atoms with E-state index in [1.165, 1.54) is 6.07 Å². The van der Waals surface area contributed by atoms with Crippen molar-refractivity contribution in [3.05, 3.63) is 59.7 Å². The van der Waals surface area contributed by atoms with Crippen LogP contribution >= 0.6 is 11.3 Å². The minimum Gasteiger partial charge on any atom is -0.393 e. The number of rotatable bonds is 16. The number of hydrogen-bond acceptors (Lipinski definition) is 10. The summed E-state index contributed by atoms with van der Waals surface area (Å²) in [5.41, 5.74) is 1.53. The summed E-state index contributed by atoms with van der Waals surface area (Å²) in [6.45, 7) is 4.16. The van der Waals surface area contributed by atoms with E-state index in [1.54, 1.807) is 6.92 Å². The van der Waals surface area contributed by atoms with Gasteiger partial charge in [0.25, 0.3) is 0 Å². The Labute approximate surface area is 271 Å². The van der Waals surface area contributed by atoms with Crippen LogP contribution in [0.3, 0.4) is 0 Å². The minimum atomic E-state index is -3.98. The molecule has 0 bridgehead atoms. The van der Waals surface area contributed by atoms with Crippen LogP contribution in [0.1, 0.15) is 82.4 Å². The van der Waals surface area contributed by atoms with Gasteiger partial charge in [-0.25, -0.2) is 16.8 Å². The normalized spacial score (nSPS) is 27.0. The molecule has 0 radical (unpaired) electrons. The Morgan fingerprint density at radius 3 is 2.53 bits per heavy atom. The summed E-state index contributed by atoms with van der Waals surface area (Å²) < 4.78 is 51.9. The van der Waals surface area contributed by atoms with E-state index in [0.29, 0.717) is 63.5 Å². The number of ketones is 1. The molecule has 1 fully saturated rings. The number of aliphatic hydroxyl groups excluding tert-OH is 3. The van der Waals surface area contributed by atoms with Gasteiger partial charge in [0.05, 0.1) is 23.6 Å². The summed E-state index contributed by atoms with van der Waals surface area (Å²) in [7, 11) is -7.59. The highest BCUT2D eigenvalue weighted by atomic mass is 32.3. The number of allylic oxidation sites excluding steroid dienone is 2. The molecule has 1 aromatic heterocycles. The monoisotopic (exact) mass is 681 g/mol. The molecule has 12 heteroatoms. The fraction of sp³-hybridized carbons (Fsp3) is 0.606. The molecule has 0 saturated heterocycles. The van der Waals surface area contributed by atoms with E-state index >= 15 is 0 Å². The second-order valence-corrected chi connectivity index (χ2v) is 18.4. The average Bonchev–Trinajstić information content (AvgIpc) is 3.55. The Kier molecular flexibility index (Phi) is 12.6. The van der Waals surface area contributed by atoms with Crippen molar-refractivity contribution < 1.29 is 36.9 Å². The maximum absolute atomic E-state index is 13.1. The number of sulfone groups is 2. The summed E-state index contributed by atoms with van der Waals surface area (Å²) in [4.78, 5) is 12.6. The molecule has 1 saturated carbocycles. The van der Waals surface area contributed by atoms with E-state index in [2.05, 4.69) is 5.32 Å². The number of hydrogen-bond donors (Lipinski definition) is 4. The fourth-order valence-electron chi connectivity index (χ4n) is 6.61. The predicted octanol–water partition coefficient (Wildman–Crippen LogP) is 4.17. The van der Waals surface area contributed by atoms with Crippen LogP contribution in [0.25, 0.3) is 0 Å². The largest absolute Gasteiger partial charge is 0.393 e. The lowest BCUT2D eigenvalue weighted by Gasteiger charge is -2.27. The van der Waals surface area contributed by atoms with Gasteiger partial charge in [0, 0.05) is 12.5 Å². The molecule has 4 N–H and O–H groups in total. The number of aliphatic hydroxyl groups is 3. The van der Waals surface area contributed by atoms with Crippen LogP contribution in [0.5, 0.6) is 0 Å². The van der Waals surface area contributed by atoms with E-state index in [0.717, 1.165) is 16.9 Å². The third-order valence-electron chi connectivity index (χ3n) is 9.11. The zero-order chi connectivity index (χ0) is 32.8. The predicted molar refractivity (Wildman–Crippen MR) is 176 cm³/mol. The summed E-state index contributed by atoms with van der Waals surface area (Å²) in [6.07, 6.45) is 6.15. The van der Waals surface area contributed by atoms with Gasteiger partial charge in [0.1, 0.15) is 20.0 Å². The van der Waals surface area contributed by atoms with Crippen molar-refractivity contribution in [1.29, 1.82) is 0 Å². The highest BCUT2D eigenvalue weighted by Gasteiger charge is 2.41. The highest BCUT2D eigenvalue weighted by Crippen LogP contribution is 2.43. The lowest BCUT2D eigenvalue weighted by molar-refractivity contribution is -0.116. The van der Waals surface area contributed by atoms with Crippen LogP contribution in [-0.4, -0.2) is 73.8 Å². The van der Waals surface area contributed by atoms with Gasteiger partial charge in [-0.3, -0.25) is 4.79 Å². The van der Waals surface area contributed by atoms with Gasteiger partial charge < -0.3 is 20.6 Å².